The van der Waals surface area contributed by atoms with E-state index in [0.29, 0.717) is 18.9 Å². The van der Waals surface area contributed by atoms with Crippen molar-refractivity contribution in [1.82, 2.24) is 5.32 Å². The Morgan fingerprint density at radius 1 is 0.944 bits per heavy atom. The highest BCUT2D eigenvalue weighted by Gasteiger charge is 2.42. The van der Waals surface area contributed by atoms with Crippen LogP contribution in [0.5, 0.6) is 5.75 Å². The van der Waals surface area contributed by atoms with Crippen LogP contribution in [-0.4, -0.2) is 41.3 Å². The molecule has 0 radical (unpaired) electrons. The van der Waals surface area contributed by atoms with Gasteiger partial charge in [0.2, 0.25) is 0 Å². The van der Waals surface area contributed by atoms with Gasteiger partial charge in [0, 0.05) is 24.3 Å². The molecular formula is C30H31NO5. The van der Waals surface area contributed by atoms with E-state index < -0.39 is 23.9 Å². The molecule has 1 fully saturated rings. The van der Waals surface area contributed by atoms with Gasteiger partial charge < -0.3 is 20.3 Å². The summed E-state index contributed by atoms with van der Waals surface area (Å²) >= 11 is 0. The third kappa shape index (κ3) is 6.01. The van der Waals surface area contributed by atoms with E-state index in [1.807, 2.05) is 60.7 Å². The number of carboxylic acids is 2. The van der Waals surface area contributed by atoms with E-state index in [-0.39, 0.29) is 18.3 Å². The SMILES string of the molecule is C=C(c1cccc(OCCC(c2ccccc2)c2ccccc2)c1)[C@@H]1CN[C@H](C(=O)O)[C@H]1CC(=O)O. The lowest BCUT2D eigenvalue weighted by Crippen LogP contribution is -2.36. The number of rotatable bonds is 11. The molecule has 1 aliphatic heterocycles. The smallest absolute Gasteiger partial charge is 0.321 e. The second-order valence-corrected chi connectivity index (χ2v) is 9.16. The Morgan fingerprint density at radius 2 is 1.58 bits per heavy atom. The Balaban J connectivity index is 1.45. The van der Waals surface area contributed by atoms with Crippen molar-refractivity contribution >= 4 is 17.5 Å². The van der Waals surface area contributed by atoms with E-state index >= 15 is 0 Å². The zero-order valence-electron chi connectivity index (χ0n) is 20.0. The van der Waals surface area contributed by atoms with Gasteiger partial charge in [-0.15, -0.1) is 0 Å². The molecule has 6 nitrogen and oxygen atoms in total. The number of aliphatic carboxylic acids is 2. The lowest BCUT2D eigenvalue weighted by atomic mass is 9.81. The molecule has 186 valence electrons. The van der Waals surface area contributed by atoms with E-state index in [1.54, 1.807) is 0 Å². The third-order valence-electron chi connectivity index (χ3n) is 6.91. The molecule has 3 aromatic carbocycles. The average Bonchev–Trinajstić information content (AvgIpc) is 3.30. The van der Waals surface area contributed by atoms with E-state index in [9.17, 15) is 19.8 Å². The molecule has 3 atom stereocenters. The van der Waals surface area contributed by atoms with Crippen molar-refractivity contribution in [1.29, 1.82) is 0 Å². The summed E-state index contributed by atoms with van der Waals surface area (Å²) in [7, 11) is 0. The summed E-state index contributed by atoms with van der Waals surface area (Å²) in [5, 5.41) is 21.8. The van der Waals surface area contributed by atoms with Crippen molar-refractivity contribution in [3.05, 3.63) is 108 Å². The predicted molar refractivity (Wildman–Crippen MR) is 139 cm³/mol. The Kier molecular flexibility index (Phi) is 8.18. The first-order chi connectivity index (χ1) is 17.4. The normalized spacial score (nSPS) is 19.2. The topological polar surface area (TPSA) is 95.9 Å². The Hall–Kier alpha value is -3.90. The number of benzene rings is 3. The zero-order chi connectivity index (χ0) is 25.5. The minimum Gasteiger partial charge on any atom is -0.494 e. The highest BCUT2D eigenvalue weighted by Crippen LogP contribution is 2.37. The fourth-order valence-electron chi connectivity index (χ4n) is 5.09. The van der Waals surface area contributed by atoms with Crippen LogP contribution in [0.25, 0.3) is 5.57 Å². The van der Waals surface area contributed by atoms with Crippen molar-refractivity contribution < 1.29 is 24.5 Å². The molecule has 0 spiro atoms. The fraction of sp³-hybridized carbons (Fsp3) is 0.267. The molecule has 1 aliphatic rings. The molecule has 1 saturated heterocycles. The van der Waals surface area contributed by atoms with E-state index in [0.717, 1.165) is 17.6 Å². The van der Waals surface area contributed by atoms with Crippen LogP contribution >= 0.6 is 0 Å². The summed E-state index contributed by atoms with van der Waals surface area (Å²) in [4.78, 5) is 23.0. The molecule has 0 aliphatic carbocycles. The minimum absolute atomic E-state index is 0.208. The minimum atomic E-state index is -1.04. The number of nitrogens with one attached hydrogen (secondary N) is 1. The van der Waals surface area contributed by atoms with Crippen molar-refractivity contribution in [3.8, 4) is 5.75 Å². The Morgan fingerprint density at radius 3 is 2.17 bits per heavy atom. The molecule has 0 bridgehead atoms. The second-order valence-electron chi connectivity index (χ2n) is 9.16. The van der Waals surface area contributed by atoms with Crippen LogP contribution in [0.1, 0.15) is 35.4 Å². The quantitative estimate of drug-likeness (QED) is 0.351. The number of ether oxygens (including phenoxy) is 1. The summed E-state index contributed by atoms with van der Waals surface area (Å²) in [6.45, 7) is 5.09. The highest BCUT2D eigenvalue weighted by molar-refractivity contribution is 5.78. The largest absolute Gasteiger partial charge is 0.494 e. The number of hydrogen-bond acceptors (Lipinski definition) is 4. The van der Waals surface area contributed by atoms with Gasteiger partial charge in [-0.1, -0.05) is 79.4 Å². The Bertz CT molecular complexity index is 1150. The van der Waals surface area contributed by atoms with Crippen LogP contribution in [0.4, 0.5) is 0 Å². The maximum atomic E-state index is 11.6. The number of carboxylic acid groups (broad SMARTS) is 2. The maximum Gasteiger partial charge on any atom is 0.321 e. The third-order valence-corrected chi connectivity index (χ3v) is 6.91. The van der Waals surface area contributed by atoms with Crippen LogP contribution in [0, 0.1) is 11.8 Å². The lowest BCUT2D eigenvalue weighted by molar-refractivity contribution is -0.142. The molecule has 0 amide bonds. The molecule has 36 heavy (non-hydrogen) atoms. The highest BCUT2D eigenvalue weighted by atomic mass is 16.5. The summed E-state index contributed by atoms with van der Waals surface area (Å²) in [5.74, 6) is -2.02. The van der Waals surface area contributed by atoms with Crippen LogP contribution < -0.4 is 10.1 Å². The molecule has 3 aromatic rings. The van der Waals surface area contributed by atoms with Gasteiger partial charge in [-0.2, -0.15) is 0 Å². The number of carbonyl (C=O) groups is 2. The standard InChI is InChI=1S/C30H31NO5/c1-20(27-19-31-29(30(34)35)26(27)18-28(32)33)23-13-8-14-24(17-23)36-16-15-25(21-9-4-2-5-10-21)22-11-6-3-7-12-22/h2-14,17,25-27,29,31H,1,15-16,18-19H2,(H,32,33)(H,34,35)/t26-,27-,29-/m0/s1. The van der Waals surface area contributed by atoms with E-state index in [1.165, 1.54) is 11.1 Å². The van der Waals surface area contributed by atoms with Crippen LogP contribution in [0.2, 0.25) is 0 Å². The van der Waals surface area contributed by atoms with Gasteiger partial charge in [0.1, 0.15) is 11.8 Å². The predicted octanol–water partition coefficient (Wildman–Crippen LogP) is 5.06. The second kappa shape index (κ2) is 11.7. The Labute approximate surface area is 211 Å². The van der Waals surface area contributed by atoms with Gasteiger partial charge >= 0.3 is 11.9 Å². The molecule has 4 rings (SSSR count). The molecule has 0 saturated carbocycles. The summed E-state index contributed by atoms with van der Waals surface area (Å²) in [6.07, 6.45) is 0.566. The van der Waals surface area contributed by atoms with Crippen LogP contribution in [0.15, 0.2) is 91.5 Å². The summed E-state index contributed by atoms with van der Waals surface area (Å²) in [6, 6.07) is 27.4. The van der Waals surface area contributed by atoms with Crippen LogP contribution in [-0.2, 0) is 9.59 Å². The zero-order valence-corrected chi connectivity index (χ0v) is 20.0. The van der Waals surface area contributed by atoms with Gasteiger partial charge in [0.05, 0.1) is 13.0 Å². The maximum absolute atomic E-state index is 11.6. The lowest BCUT2D eigenvalue weighted by Gasteiger charge is -2.22. The van der Waals surface area contributed by atoms with E-state index in [2.05, 4.69) is 36.2 Å². The van der Waals surface area contributed by atoms with E-state index in [4.69, 9.17) is 4.74 Å². The molecule has 0 unspecified atom stereocenters. The molecule has 1 heterocycles. The van der Waals surface area contributed by atoms with Gasteiger partial charge in [-0.25, -0.2) is 0 Å². The van der Waals surface area contributed by atoms with Gasteiger partial charge in [-0.05, 0) is 40.8 Å². The first-order valence-electron chi connectivity index (χ1n) is 12.1. The molecule has 0 aromatic heterocycles. The number of hydrogen-bond donors (Lipinski definition) is 3. The van der Waals surface area contributed by atoms with Gasteiger partial charge in [-0.3, -0.25) is 9.59 Å². The average molecular weight is 486 g/mol. The summed E-state index contributed by atoms with van der Waals surface area (Å²) < 4.78 is 6.14. The van der Waals surface area contributed by atoms with Crippen molar-refractivity contribution in [2.75, 3.05) is 13.2 Å². The monoisotopic (exact) mass is 485 g/mol. The van der Waals surface area contributed by atoms with Crippen molar-refractivity contribution in [3.63, 3.8) is 0 Å². The molecule has 3 N–H and O–H groups in total. The molecule has 6 heteroatoms. The van der Waals surface area contributed by atoms with Crippen LogP contribution in [0.3, 0.4) is 0 Å². The van der Waals surface area contributed by atoms with Crippen molar-refractivity contribution in [2.45, 2.75) is 24.8 Å². The van der Waals surface area contributed by atoms with Crippen molar-refractivity contribution in [2.24, 2.45) is 11.8 Å². The fourth-order valence-corrected chi connectivity index (χ4v) is 5.09. The van der Waals surface area contributed by atoms with Gasteiger partial charge in [0.15, 0.2) is 0 Å². The first-order valence-corrected chi connectivity index (χ1v) is 12.1. The van der Waals surface area contributed by atoms with Gasteiger partial charge in [0.25, 0.3) is 0 Å². The summed E-state index contributed by atoms with van der Waals surface area (Å²) in [5.41, 5.74) is 4.01. The molecular weight excluding hydrogens is 454 g/mol. The first kappa shape index (κ1) is 25.2.